The van der Waals surface area contributed by atoms with Gasteiger partial charge in [-0.1, -0.05) is 60.7 Å². The highest BCUT2D eigenvalue weighted by Crippen LogP contribution is 2.35. The monoisotopic (exact) mass is 471 g/mol. The number of carbonyl (C=O) groups excluding carboxylic acids is 2. The molecule has 0 aromatic heterocycles. The summed E-state index contributed by atoms with van der Waals surface area (Å²) in [6.45, 7) is 2.52. The number of urea groups is 1. The van der Waals surface area contributed by atoms with Crippen LogP contribution in [0.1, 0.15) is 17.5 Å². The van der Waals surface area contributed by atoms with Crippen LogP contribution in [0.4, 0.5) is 10.5 Å². The van der Waals surface area contributed by atoms with Gasteiger partial charge in [0.1, 0.15) is 13.2 Å². The smallest absolute Gasteiger partial charge is 0.318 e. The normalized spacial score (nSPS) is 16.7. The van der Waals surface area contributed by atoms with E-state index in [1.807, 2.05) is 71.6 Å². The first-order chi connectivity index (χ1) is 17.2. The molecule has 2 heterocycles. The van der Waals surface area contributed by atoms with Crippen LogP contribution in [0.2, 0.25) is 0 Å². The van der Waals surface area contributed by atoms with Gasteiger partial charge in [-0.15, -0.1) is 0 Å². The zero-order valence-corrected chi connectivity index (χ0v) is 19.6. The lowest BCUT2D eigenvalue weighted by molar-refractivity contribution is -0.117. The number of nitrogens with zero attached hydrogens (tertiary/aromatic N) is 2. The predicted octanol–water partition coefficient (Wildman–Crippen LogP) is 4.02. The summed E-state index contributed by atoms with van der Waals surface area (Å²) in [7, 11) is 0. The Bertz CT molecular complexity index is 1170. The van der Waals surface area contributed by atoms with Gasteiger partial charge in [0.05, 0.1) is 6.04 Å². The SMILES string of the molecule is O=C(NC1CC(=O)N(c2ccc3c(c2)OCCO3)C1)N(CCc1ccccc1)Cc1ccccc1. The Kier molecular flexibility index (Phi) is 6.84. The van der Waals surface area contributed by atoms with E-state index in [-0.39, 0.29) is 24.4 Å². The Hall–Kier alpha value is -4.00. The van der Waals surface area contributed by atoms with Gasteiger partial charge in [-0.3, -0.25) is 4.79 Å². The molecule has 2 aliphatic heterocycles. The second kappa shape index (κ2) is 10.5. The first-order valence-corrected chi connectivity index (χ1v) is 12.0. The van der Waals surface area contributed by atoms with Crippen molar-refractivity contribution >= 4 is 17.6 Å². The molecule has 0 saturated carbocycles. The third-order valence-corrected chi connectivity index (χ3v) is 6.31. The van der Waals surface area contributed by atoms with Crippen LogP contribution in [0.25, 0.3) is 0 Å². The van der Waals surface area contributed by atoms with Crippen LogP contribution >= 0.6 is 0 Å². The summed E-state index contributed by atoms with van der Waals surface area (Å²) in [4.78, 5) is 29.6. The molecule has 1 fully saturated rings. The molecule has 5 rings (SSSR count). The largest absolute Gasteiger partial charge is 0.486 e. The topological polar surface area (TPSA) is 71.1 Å². The molecule has 2 aliphatic rings. The first-order valence-electron chi connectivity index (χ1n) is 12.0. The lowest BCUT2D eigenvalue weighted by Crippen LogP contribution is -2.46. The summed E-state index contributed by atoms with van der Waals surface area (Å²) in [5.74, 6) is 1.31. The van der Waals surface area contributed by atoms with Gasteiger partial charge in [0, 0.05) is 37.8 Å². The van der Waals surface area contributed by atoms with Crippen molar-refractivity contribution in [2.75, 3.05) is 31.2 Å². The van der Waals surface area contributed by atoms with Gasteiger partial charge in [0.2, 0.25) is 5.91 Å². The molecule has 0 spiro atoms. The van der Waals surface area contributed by atoms with Crippen LogP contribution in [-0.2, 0) is 17.8 Å². The van der Waals surface area contributed by atoms with E-state index in [0.717, 1.165) is 17.7 Å². The van der Waals surface area contributed by atoms with Crippen LogP contribution in [0.5, 0.6) is 11.5 Å². The molecule has 1 atom stereocenters. The number of hydrogen-bond donors (Lipinski definition) is 1. The molecule has 7 heteroatoms. The highest BCUT2D eigenvalue weighted by molar-refractivity contribution is 5.97. The Morgan fingerprint density at radius 3 is 2.34 bits per heavy atom. The molecule has 0 aliphatic carbocycles. The fraction of sp³-hybridized carbons (Fsp3) is 0.286. The Morgan fingerprint density at radius 2 is 1.60 bits per heavy atom. The Morgan fingerprint density at radius 1 is 0.914 bits per heavy atom. The third-order valence-electron chi connectivity index (χ3n) is 6.31. The predicted molar refractivity (Wildman–Crippen MR) is 134 cm³/mol. The van der Waals surface area contributed by atoms with E-state index in [4.69, 9.17) is 9.47 Å². The summed E-state index contributed by atoms with van der Waals surface area (Å²) in [5, 5.41) is 3.10. The molecular formula is C28H29N3O4. The van der Waals surface area contributed by atoms with Crippen molar-refractivity contribution in [3.05, 3.63) is 90.0 Å². The molecule has 0 bridgehead atoms. The first kappa shape index (κ1) is 22.8. The maximum absolute atomic E-state index is 13.3. The van der Waals surface area contributed by atoms with E-state index in [2.05, 4.69) is 17.4 Å². The summed E-state index contributed by atoms with van der Waals surface area (Å²) >= 11 is 0. The molecule has 3 amide bonds. The molecule has 0 radical (unpaired) electrons. The number of carbonyl (C=O) groups is 2. The number of amides is 3. The minimum atomic E-state index is -0.266. The summed E-state index contributed by atoms with van der Waals surface area (Å²) in [6.07, 6.45) is 1.02. The van der Waals surface area contributed by atoms with Crippen molar-refractivity contribution in [1.29, 1.82) is 0 Å². The van der Waals surface area contributed by atoms with Gasteiger partial charge >= 0.3 is 6.03 Å². The third kappa shape index (κ3) is 5.57. The second-order valence-electron chi connectivity index (χ2n) is 8.83. The van der Waals surface area contributed by atoms with Crippen LogP contribution in [0.3, 0.4) is 0 Å². The molecular weight excluding hydrogens is 442 g/mol. The highest BCUT2D eigenvalue weighted by atomic mass is 16.6. The summed E-state index contributed by atoms with van der Waals surface area (Å²) < 4.78 is 11.2. The molecule has 3 aromatic rings. The maximum Gasteiger partial charge on any atom is 0.318 e. The van der Waals surface area contributed by atoms with Gasteiger partial charge in [-0.25, -0.2) is 4.79 Å². The molecule has 1 N–H and O–H groups in total. The summed E-state index contributed by atoms with van der Waals surface area (Å²) in [6, 6.07) is 25.2. The summed E-state index contributed by atoms with van der Waals surface area (Å²) in [5.41, 5.74) is 3.00. The minimum absolute atomic E-state index is 0.0223. The lowest BCUT2D eigenvalue weighted by Gasteiger charge is -2.26. The number of hydrogen-bond acceptors (Lipinski definition) is 4. The fourth-order valence-corrected chi connectivity index (χ4v) is 4.48. The number of benzene rings is 3. The molecule has 35 heavy (non-hydrogen) atoms. The van der Waals surface area contributed by atoms with Crippen molar-refractivity contribution in [2.45, 2.75) is 25.4 Å². The van der Waals surface area contributed by atoms with E-state index in [1.54, 1.807) is 4.90 Å². The van der Waals surface area contributed by atoms with E-state index in [1.165, 1.54) is 5.56 Å². The Balaban J connectivity index is 1.25. The van der Waals surface area contributed by atoms with Crippen molar-refractivity contribution in [1.82, 2.24) is 10.2 Å². The van der Waals surface area contributed by atoms with E-state index < -0.39 is 0 Å². The molecule has 3 aromatic carbocycles. The van der Waals surface area contributed by atoms with Gasteiger partial charge in [-0.05, 0) is 29.7 Å². The van der Waals surface area contributed by atoms with Gasteiger partial charge < -0.3 is 24.6 Å². The number of ether oxygens (including phenoxy) is 2. The molecule has 7 nitrogen and oxygen atoms in total. The quantitative estimate of drug-likeness (QED) is 0.565. The Labute approximate surface area is 205 Å². The van der Waals surface area contributed by atoms with E-state index >= 15 is 0 Å². The number of rotatable bonds is 7. The highest BCUT2D eigenvalue weighted by Gasteiger charge is 2.33. The van der Waals surface area contributed by atoms with Crippen LogP contribution in [0.15, 0.2) is 78.9 Å². The lowest BCUT2D eigenvalue weighted by atomic mass is 10.1. The number of anilines is 1. The van der Waals surface area contributed by atoms with Crippen LogP contribution in [-0.4, -0.2) is 49.2 Å². The molecule has 1 saturated heterocycles. The molecule has 180 valence electrons. The van der Waals surface area contributed by atoms with Crippen LogP contribution < -0.4 is 19.7 Å². The average molecular weight is 472 g/mol. The zero-order valence-electron chi connectivity index (χ0n) is 19.6. The standard InChI is InChI=1S/C28H29N3O4/c32-27-17-23(20-31(27)24-11-12-25-26(18-24)35-16-15-34-25)29-28(33)30(19-22-9-5-2-6-10-22)14-13-21-7-3-1-4-8-21/h1-12,18,23H,13-17,19-20H2,(H,29,33). The molecule has 1 unspecified atom stereocenters. The van der Waals surface area contributed by atoms with E-state index in [9.17, 15) is 9.59 Å². The maximum atomic E-state index is 13.3. The van der Waals surface area contributed by atoms with Crippen molar-refractivity contribution in [3.8, 4) is 11.5 Å². The fourth-order valence-electron chi connectivity index (χ4n) is 4.48. The average Bonchev–Trinajstić information content (AvgIpc) is 3.27. The van der Waals surface area contributed by atoms with E-state index in [0.29, 0.717) is 44.3 Å². The van der Waals surface area contributed by atoms with Crippen molar-refractivity contribution in [3.63, 3.8) is 0 Å². The minimum Gasteiger partial charge on any atom is -0.486 e. The van der Waals surface area contributed by atoms with Crippen molar-refractivity contribution < 1.29 is 19.1 Å². The number of nitrogens with one attached hydrogen (secondary N) is 1. The van der Waals surface area contributed by atoms with Crippen molar-refractivity contribution in [2.24, 2.45) is 0 Å². The second-order valence-corrected chi connectivity index (χ2v) is 8.83. The zero-order chi connectivity index (χ0) is 24.0. The number of fused-ring (bicyclic) bond motifs is 1. The van der Waals surface area contributed by atoms with Gasteiger partial charge in [0.25, 0.3) is 0 Å². The van der Waals surface area contributed by atoms with Gasteiger partial charge in [-0.2, -0.15) is 0 Å². The van der Waals surface area contributed by atoms with Crippen LogP contribution in [0, 0.1) is 0 Å². The van der Waals surface area contributed by atoms with Gasteiger partial charge in [0.15, 0.2) is 11.5 Å².